The van der Waals surface area contributed by atoms with E-state index >= 15 is 0 Å². The Balaban J connectivity index is 1.41. The summed E-state index contributed by atoms with van der Waals surface area (Å²) in [4.78, 5) is 23.7. The number of piperazine rings is 1. The third kappa shape index (κ3) is 6.83. The van der Waals surface area contributed by atoms with E-state index in [9.17, 15) is 4.79 Å². The standard InChI is InChI=1S/C23H38N6O2/c1-19(2)21(28-13-15-31-16-14-28)17-25-23(24-3)26-18-22(30)29-11-9-27(10-12-29)20-7-5-4-6-8-20/h4-8,19,21H,9-18H2,1-3H3,(H2,24,25,26). The average Bonchev–Trinajstić information content (AvgIpc) is 2.82. The molecule has 0 spiro atoms. The van der Waals surface area contributed by atoms with E-state index in [1.807, 2.05) is 11.0 Å². The molecular formula is C23H38N6O2. The monoisotopic (exact) mass is 430 g/mol. The number of hydrogen-bond donors (Lipinski definition) is 2. The van der Waals surface area contributed by atoms with Gasteiger partial charge in [0.15, 0.2) is 5.96 Å². The Morgan fingerprint density at radius 1 is 1.03 bits per heavy atom. The molecule has 31 heavy (non-hydrogen) atoms. The summed E-state index contributed by atoms with van der Waals surface area (Å²) in [6, 6.07) is 10.8. The van der Waals surface area contributed by atoms with Gasteiger partial charge in [0.05, 0.1) is 19.8 Å². The van der Waals surface area contributed by atoms with Crippen LogP contribution in [0.1, 0.15) is 13.8 Å². The van der Waals surface area contributed by atoms with E-state index in [-0.39, 0.29) is 12.5 Å². The second kappa shape index (κ2) is 11.9. The van der Waals surface area contributed by atoms with Crippen molar-refractivity contribution in [3.8, 4) is 0 Å². The van der Waals surface area contributed by atoms with Crippen molar-refractivity contribution < 1.29 is 9.53 Å². The van der Waals surface area contributed by atoms with Gasteiger partial charge >= 0.3 is 0 Å². The molecule has 0 aromatic heterocycles. The first-order valence-electron chi connectivity index (χ1n) is 11.4. The molecule has 8 heteroatoms. The Labute approximate surface area is 186 Å². The van der Waals surface area contributed by atoms with E-state index in [1.165, 1.54) is 5.69 Å². The number of benzene rings is 1. The molecule has 0 aliphatic carbocycles. The molecule has 1 aromatic carbocycles. The Morgan fingerprint density at radius 3 is 2.32 bits per heavy atom. The quantitative estimate of drug-likeness (QED) is 0.494. The highest BCUT2D eigenvalue weighted by Gasteiger charge is 2.24. The second-order valence-corrected chi connectivity index (χ2v) is 8.47. The van der Waals surface area contributed by atoms with Gasteiger partial charge in [0.1, 0.15) is 0 Å². The van der Waals surface area contributed by atoms with Crippen molar-refractivity contribution in [3.05, 3.63) is 30.3 Å². The number of para-hydroxylation sites is 1. The Kier molecular flexibility index (Phi) is 8.97. The Hall–Kier alpha value is -2.32. The van der Waals surface area contributed by atoms with Gasteiger partial charge < -0.3 is 25.2 Å². The molecule has 2 aliphatic rings. The smallest absolute Gasteiger partial charge is 0.242 e. The highest BCUT2D eigenvalue weighted by atomic mass is 16.5. The van der Waals surface area contributed by atoms with Crippen LogP contribution in [0.4, 0.5) is 5.69 Å². The van der Waals surface area contributed by atoms with Crippen LogP contribution in [0.15, 0.2) is 35.3 Å². The van der Waals surface area contributed by atoms with Crippen molar-refractivity contribution in [1.29, 1.82) is 0 Å². The number of amides is 1. The maximum atomic E-state index is 12.7. The third-order valence-corrected chi connectivity index (χ3v) is 6.15. The lowest BCUT2D eigenvalue weighted by atomic mass is 10.0. The van der Waals surface area contributed by atoms with Gasteiger partial charge in [-0.05, 0) is 18.1 Å². The maximum absolute atomic E-state index is 12.7. The van der Waals surface area contributed by atoms with Gasteiger partial charge in [0.2, 0.25) is 5.91 Å². The van der Waals surface area contributed by atoms with Gasteiger partial charge in [0, 0.05) is 64.6 Å². The molecule has 2 aliphatic heterocycles. The molecule has 1 unspecified atom stereocenters. The molecule has 0 bridgehead atoms. The van der Waals surface area contributed by atoms with Crippen LogP contribution < -0.4 is 15.5 Å². The van der Waals surface area contributed by atoms with E-state index in [2.05, 4.69) is 63.5 Å². The zero-order valence-electron chi connectivity index (χ0n) is 19.2. The topological polar surface area (TPSA) is 72.4 Å². The Bertz CT molecular complexity index is 697. The van der Waals surface area contributed by atoms with Crippen molar-refractivity contribution in [2.45, 2.75) is 19.9 Å². The summed E-state index contributed by atoms with van der Waals surface area (Å²) in [6.07, 6.45) is 0. The van der Waals surface area contributed by atoms with Gasteiger partial charge in [0.25, 0.3) is 0 Å². The number of carbonyl (C=O) groups is 1. The number of hydrogen-bond acceptors (Lipinski definition) is 5. The number of guanidine groups is 1. The van der Waals surface area contributed by atoms with E-state index in [0.29, 0.717) is 17.9 Å². The van der Waals surface area contributed by atoms with Crippen LogP contribution in [0.2, 0.25) is 0 Å². The van der Waals surface area contributed by atoms with E-state index < -0.39 is 0 Å². The molecular weight excluding hydrogens is 392 g/mol. The number of morpholine rings is 1. The first-order valence-corrected chi connectivity index (χ1v) is 11.4. The number of ether oxygens (including phenoxy) is 1. The first-order chi connectivity index (χ1) is 15.1. The molecule has 2 saturated heterocycles. The minimum absolute atomic E-state index is 0.115. The number of aliphatic imine (C=N–C) groups is 1. The lowest BCUT2D eigenvalue weighted by molar-refractivity contribution is -0.130. The zero-order valence-corrected chi connectivity index (χ0v) is 19.2. The van der Waals surface area contributed by atoms with Gasteiger partial charge in [-0.3, -0.25) is 14.7 Å². The largest absolute Gasteiger partial charge is 0.379 e. The van der Waals surface area contributed by atoms with Crippen LogP contribution in [-0.2, 0) is 9.53 Å². The first kappa shape index (κ1) is 23.3. The fourth-order valence-corrected chi connectivity index (χ4v) is 4.24. The lowest BCUT2D eigenvalue weighted by Gasteiger charge is -2.37. The van der Waals surface area contributed by atoms with Gasteiger partial charge in [-0.1, -0.05) is 32.0 Å². The predicted molar refractivity (Wildman–Crippen MR) is 126 cm³/mol. The average molecular weight is 431 g/mol. The van der Waals surface area contributed by atoms with E-state index in [1.54, 1.807) is 7.05 Å². The maximum Gasteiger partial charge on any atom is 0.242 e. The van der Waals surface area contributed by atoms with Crippen LogP contribution in [0.3, 0.4) is 0 Å². The van der Waals surface area contributed by atoms with E-state index in [0.717, 1.165) is 59.0 Å². The number of nitrogens with zero attached hydrogens (tertiary/aromatic N) is 4. The zero-order chi connectivity index (χ0) is 22.1. The summed E-state index contributed by atoms with van der Waals surface area (Å²) in [5.41, 5.74) is 1.22. The molecule has 2 fully saturated rings. The molecule has 1 aromatic rings. The number of carbonyl (C=O) groups excluding carboxylic acids is 1. The third-order valence-electron chi connectivity index (χ3n) is 6.15. The van der Waals surface area contributed by atoms with Crippen molar-refractivity contribution in [1.82, 2.24) is 20.4 Å². The normalized spacial score (nSPS) is 19.4. The van der Waals surface area contributed by atoms with Crippen LogP contribution in [0.5, 0.6) is 0 Å². The Morgan fingerprint density at radius 2 is 1.71 bits per heavy atom. The molecule has 172 valence electrons. The minimum atomic E-state index is 0.115. The predicted octanol–water partition coefficient (Wildman–Crippen LogP) is 0.857. The van der Waals surface area contributed by atoms with Crippen LogP contribution in [0, 0.1) is 5.92 Å². The second-order valence-electron chi connectivity index (χ2n) is 8.47. The summed E-state index contributed by atoms with van der Waals surface area (Å²) in [6.45, 7) is 12.3. The molecule has 8 nitrogen and oxygen atoms in total. The van der Waals surface area contributed by atoms with Gasteiger partial charge in [-0.25, -0.2) is 0 Å². The summed E-state index contributed by atoms with van der Waals surface area (Å²) in [7, 11) is 1.75. The number of rotatable bonds is 7. The fourth-order valence-electron chi connectivity index (χ4n) is 4.24. The minimum Gasteiger partial charge on any atom is -0.379 e. The highest BCUT2D eigenvalue weighted by Crippen LogP contribution is 2.15. The SMILES string of the molecule is CN=C(NCC(=O)N1CCN(c2ccccc2)CC1)NCC(C(C)C)N1CCOCC1. The summed E-state index contributed by atoms with van der Waals surface area (Å²) in [5.74, 6) is 1.31. The summed E-state index contributed by atoms with van der Waals surface area (Å²) < 4.78 is 5.49. The molecule has 3 rings (SSSR count). The van der Waals surface area contributed by atoms with Crippen molar-refractivity contribution in [2.75, 3.05) is 77.5 Å². The number of anilines is 1. The number of nitrogens with one attached hydrogen (secondary N) is 2. The fraction of sp³-hybridized carbons (Fsp3) is 0.652. The molecule has 2 heterocycles. The summed E-state index contributed by atoms with van der Waals surface area (Å²) >= 11 is 0. The lowest BCUT2D eigenvalue weighted by Crippen LogP contribution is -2.54. The van der Waals surface area contributed by atoms with Gasteiger partial charge in [-0.2, -0.15) is 0 Å². The van der Waals surface area contributed by atoms with Crippen LogP contribution >= 0.6 is 0 Å². The van der Waals surface area contributed by atoms with Gasteiger partial charge in [-0.15, -0.1) is 0 Å². The molecule has 2 N–H and O–H groups in total. The summed E-state index contributed by atoms with van der Waals surface area (Å²) in [5, 5.41) is 6.61. The van der Waals surface area contributed by atoms with E-state index in [4.69, 9.17) is 4.74 Å². The molecule has 1 amide bonds. The van der Waals surface area contributed by atoms with Crippen molar-refractivity contribution >= 4 is 17.6 Å². The van der Waals surface area contributed by atoms with Crippen LogP contribution in [0.25, 0.3) is 0 Å². The molecule has 0 radical (unpaired) electrons. The highest BCUT2D eigenvalue weighted by molar-refractivity contribution is 5.86. The van der Waals surface area contributed by atoms with Crippen LogP contribution in [-0.4, -0.2) is 100 Å². The molecule has 0 saturated carbocycles. The van der Waals surface area contributed by atoms with Crippen molar-refractivity contribution in [3.63, 3.8) is 0 Å². The van der Waals surface area contributed by atoms with Crippen molar-refractivity contribution in [2.24, 2.45) is 10.9 Å². The molecule has 1 atom stereocenters.